The number of carbonyl (C=O) groups is 1. The summed E-state index contributed by atoms with van der Waals surface area (Å²) in [5.74, 6) is 0.675. The van der Waals surface area contributed by atoms with Gasteiger partial charge in [0.2, 0.25) is 5.88 Å². The molecule has 2 aromatic heterocycles. The molecule has 0 saturated carbocycles. The van der Waals surface area contributed by atoms with Gasteiger partial charge in [-0.15, -0.1) is 10.2 Å². The molecule has 0 aliphatic rings. The van der Waals surface area contributed by atoms with Crippen LogP contribution in [0.5, 0.6) is 11.6 Å². The topological polar surface area (TPSA) is 105 Å². The van der Waals surface area contributed by atoms with E-state index < -0.39 is 5.91 Å². The average molecular weight is 460 g/mol. The van der Waals surface area contributed by atoms with Crippen molar-refractivity contribution in [2.75, 3.05) is 7.11 Å². The van der Waals surface area contributed by atoms with Crippen LogP contribution in [0, 0.1) is 0 Å². The lowest BCUT2D eigenvalue weighted by Crippen LogP contribution is -2.08. The number of imidazole rings is 1. The number of aromatic amines is 1. The number of H-pyrrole nitrogens is 1. The van der Waals surface area contributed by atoms with Gasteiger partial charge < -0.3 is 19.4 Å². The van der Waals surface area contributed by atoms with Gasteiger partial charge in [0.15, 0.2) is 5.69 Å². The number of azo groups is 1. The zero-order valence-electron chi connectivity index (χ0n) is 17.5. The predicted octanol–water partition coefficient (Wildman–Crippen LogP) is 5.86. The van der Waals surface area contributed by atoms with Crippen LogP contribution in [0.4, 0.5) is 5.69 Å². The third kappa shape index (κ3) is 3.92. The first-order valence-electron chi connectivity index (χ1n) is 10.1. The first-order chi connectivity index (χ1) is 16.0. The fraction of sp³-hybridized carbons (Fsp3) is 0.0833. The number of carbonyl (C=O) groups excluding carboxylic acids is 1. The molecule has 2 N–H and O–H groups in total. The van der Waals surface area contributed by atoms with Crippen LogP contribution < -0.4 is 4.74 Å². The van der Waals surface area contributed by atoms with E-state index in [1.807, 2.05) is 48.5 Å². The van der Waals surface area contributed by atoms with Crippen LogP contribution in [0.3, 0.4) is 0 Å². The molecule has 0 fully saturated rings. The number of methoxy groups -OCH3 is 1. The number of fused-ring (bicyclic) bond motifs is 2. The Kier molecular flexibility index (Phi) is 5.27. The number of rotatable bonds is 5. The highest BCUT2D eigenvalue weighted by atomic mass is 35.5. The van der Waals surface area contributed by atoms with Crippen LogP contribution in [0.25, 0.3) is 33.3 Å². The second-order valence-electron chi connectivity index (χ2n) is 7.34. The minimum absolute atomic E-state index is 0.0742. The molecule has 0 unspecified atom stereocenters. The molecular formula is C24H18ClN5O3. The van der Waals surface area contributed by atoms with Crippen molar-refractivity contribution in [3.05, 3.63) is 71.8 Å². The summed E-state index contributed by atoms with van der Waals surface area (Å²) in [4.78, 5) is 20.3. The Morgan fingerprint density at radius 1 is 1.15 bits per heavy atom. The van der Waals surface area contributed by atoms with Crippen LogP contribution in [-0.4, -0.2) is 32.7 Å². The maximum absolute atomic E-state index is 12.8. The fourth-order valence-electron chi connectivity index (χ4n) is 3.71. The van der Waals surface area contributed by atoms with E-state index in [-0.39, 0.29) is 18.1 Å². The number of para-hydroxylation sites is 2. The van der Waals surface area contributed by atoms with Crippen molar-refractivity contribution in [2.45, 2.75) is 6.54 Å². The summed E-state index contributed by atoms with van der Waals surface area (Å²) in [6.45, 7) is -0.0742. The van der Waals surface area contributed by atoms with Crippen LogP contribution in [0.15, 0.2) is 77.0 Å². The van der Waals surface area contributed by atoms with E-state index in [1.54, 1.807) is 29.9 Å². The average Bonchev–Trinajstić information content (AvgIpc) is 3.34. The summed E-state index contributed by atoms with van der Waals surface area (Å²) in [5.41, 5.74) is 3.19. The highest BCUT2D eigenvalue weighted by molar-refractivity contribution is 6.31. The van der Waals surface area contributed by atoms with E-state index in [1.165, 1.54) is 0 Å². The highest BCUT2D eigenvalue weighted by Gasteiger charge is 2.16. The maximum Gasteiger partial charge on any atom is 0.284 e. The SMILES string of the molecule is COc1ccc(-c2nc3ccccc3n2CC(=O)N=Nc2c(O)[nH]c3ccc(Cl)cc23)cc1. The van der Waals surface area contributed by atoms with Crippen molar-refractivity contribution >= 4 is 45.1 Å². The lowest BCUT2D eigenvalue weighted by Gasteiger charge is -2.07. The molecule has 5 rings (SSSR count). The molecule has 0 saturated heterocycles. The lowest BCUT2D eigenvalue weighted by molar-refractivity contribution is -0.118. The van der Waals surface area contributed by atoms with Gasteiger partial charge in [-0.05, 0) is 54.6 Å². The van der Waals surface area contributed by atoms with Gasteiger partial charge in [0.1, 0.15) is 18.1 Å². The highest BCUT2D eigenvalue weighted by Crippen LogP contribution is 2.36. The first-order valence-corrected chi connectivity index (χ1v) is 10.5. The summed E-state index contributed by atoms with van der Waals surface area (Å²) >= 11 is 6.05. The second kappa shape index (κ2) is 8.40. The number of halogens is 1. The van der Waals surface area contributed by atoms with Crippen LogP contribution in [0.1, 0.15) is 0 Å². The smallest absolute Gasteiger partial charge is 0.284 e. The Bertz CT molecular complexity index is 1520. The molecule has 0 bridgehead atoms. The van der Waals surface area contributed by atoms with E-state index in [4.69, 9.17) is 21.3 Å². The zero-order chi connectivity index (χ0) is 22.9. The molecule has 0 spiro atoms. The summed E-state index contributed by atoms with van der Waals surface area (Å²) in [6, 6.07) is 20.1. The van der Waals surface area contributed by atoms with E-state index in [2.05, 4.69) is 15.2 Å². The van der Waals surface area contributed by atoms with Gasteiger partial charge in [-0.25, -0.2) is 4.98 Å². The van der Waals surface area contributed by atoms with E-state index in [0.29, 0.717) is 21.7 Å². The third-order valence-corrected chi connectivity index (χ3v) is 5.51. The van der Waals surface area contributed by atoms with E-state index in [0.717, 1.165) is 22.3 Å². The predicted molar refractivity (Wildman–Crippen MR) is 126 cm³/mol. The molecule has 164 valence electrons. The molecule has 0 atom stereocenters. The molecule has 0 aliphatic heterocycles. The van der Waals surface area contributed by atoms with Gasteiger partial charge in [0, 0.05) is 16.0 Å². The Morgan fingerprint density at radius 2 is 1.94 bits per heavy atom. The van der Waals surface area contributed by atoms with E-state index in [9.17, 15) is 9.90 Å². The number of hydrogen-bond acceptors (Lipinski definition) is 5. The van der Waals surface area contributed by atoms with Gasteiger partial charge >= 0.3 is 0 Å². The molecule has 9 heteroatoms. The molecule has 3 aromatic carbocycles. The standard InChI is InChI=1S/C24H18ClN5O3/c1-33-16-9-6-14(7-10-16)23-26-19-4-2-3-5-20(19)30(23)13-21(31)28-29-22-17-12-15(25)8-11-18(17)27-24(22)32/h2-12,27,32H,13H2,1H3. The van der Waals surface area contributed by atoms with Gasteiger partial charge in [-0.3, -0.25) is 4.79 Å². The summed E-state index contributed by atoms with van der Waals surface area (Å²) in [5, 5.41) is 19.1. The van der Waals surface area contributed by atoms with Gasteiger partial charge in [-0.2, -0.15) is 0 Å². The number of nitrogens with one attached hydrogen (secondary N) is 1. The maximum atomic E-state index is 12.8. The number of amides is 1. The monoisotopic (exact) mass is 459 g/mol. The minimum atomic E-state index is -0.497. The normalized spacial score (nSPS) is 11.6. The van der Waals surface area contributed by atoms with Crippen molar-refractivity contribution in [3.8, 4) is 23.0 Å². The van der Waals surface area contributed by atoms with Crippen LogP contribution in [-0.2, 0) is 11.3 Å². The molecule has 0 aliphatic carbocycles. The van der Waals surface area contributed by atoms with Crippen molar-refractivity contribution in [1.29, 1.82) is 0 Å². The molecule has 1 amide bonds. The van der Waals surface area contributed by atoms with Crippen molar-refractivity contribution in [2.24, 2.45) is 10.2 Å². The number of benzene rings is 3. The van der Waals surface area contributed by atoms with E-state index >= 15 is 0 Å². The largest absolute Gasteiger partial charge is 0.497 e. The number of ether oxygens (including phenoxy) is 1. The summed E-state index contributed by atoms with van der Waals surface area (Å²) in [7, 11) is 1.60. The third-order valence-electron chi connectivity index (χ3n) is 5.27. The van der Waals surface area contributed by atoms with Crippen molar-refractivity contribution in [1.82, 2.24) is 14.5 Å². The number of hydrogen-bond donors (Lipinski definition) is 2. The molecule has 0 radical (unpaired) electrons. The van der Waals surface area contributed by atoms with Crippen LogP contribution >= 0.6 is 11.6 Å². The Hall–Kier alpha value is -4.17. The molecule has 8 nitrogen and oxygen atoms in total. The Labute approximate surface area is 193 Å². The van der Waals surface area contributed by atoms with Gasteiger partial charge in [-0.1, -0.05) is 23.7 Å². The summed E-state index contributed by atoms with van der Waals surface area (Å²) < 4.78 is 7.03. The summed E-state index contributed by atoms with van der Waals surface area (Å²) in [6.07, 6.45) is 0. The number of aromatic hydroxyl groups is 1. The molecule has 33 heavy (non-hydrogen) atoms. The van der Waals surface area contributed by atoms with Crippen molar-refractivity contribution in [3.63, 3.8) is 0 Å². The zero-order valence-corrected chi connectivity index (χ0v) is 18.2. The molecular weight excluding hydrogens is 442 g/mol. The number of aromatic nitrogens is 3. The Balaban J connectivity index is 1.49. The second-order valence-corrected chi connectivity index (χ2v) is 7.78. The quantitative estimate of drug-likeness (QED) is 0.321. The van der Waals surface area contributed by atoms with Gasteiger partial charge in [0.25, 0.3) is 5.91 Å². The first kappa shape index (κ1) is 20.7. The minimum Gasteiger partial charge on any atom is -0.497 e. The fourth-order valence-corrected chi connectivity index (χ4v) is 3.88. The number of nitrogens with zero attached hydrogens (tertiary/aromatic N) is 4. The lowest BCUT2D eigenvalue weighted by atomic mass is 10.2. The molecule has 5 aromatic rings. The Morgan fingerprint density at radius 3 is 2.73 bits per heavy atom. The molecule has 2 heterocycles. The van der Waals surface area contributed by atoms with Crippen LogP contribution in [0.2, 0.25) is 5.02 Å². The van der Waals surface area contributed by atoms with Gasteiger partial charge in [0.05, 0.1) is 23.7 Å². The van der Waals surface area contributed by atoms with Crippen molar-refractivity contribution < 1.29 is 14.6 Å².